The van der Waals surface area contributed by atoms with E-state index in [1.807, 2.05) is 55.5 Å². The van der Waals surface area contributed by atoms with Gasteiger partial charge in [-0.15, -0.1) is 0 Å². The van der Waals surface area contributed by atoms with Crippen LogP contribution in [-0.4, -0.2) is 22.0 Å². The van der Waals surface area contributed by atoms with Gasteiger partial charge in [0.1, 0.15) is 12.4 Å². The number of halogens is 1. The van der Waals surface area contributed by atoms with E-state index < -0.39 is 0 Å². The minimum atomic E-state index is -0.325. The fraction of sp³-hybridized carbons (Fsp3) is 0.211. The molecule has 2 aromatic carbocycles. The van der Waals surface area contributed by atoms with Crippen LogP contribution in [0.1, 0.15) is 21.6 Å². The minimum Gasteiger partial charge on any atom is -0.493 e. The van der Waals surface area contributed by atoms with E-state index in [-0.39, 0.29) is 12.6 Å². The molecule has 5 heteroatoms. The first kappa shape index (κ1) is 16.8. The lowest BCUT2D eigenvalue weighted by Crippen LogP contribution is -2.06. The minimum absolute atomic E-state index is 0.261. The summed E-state index contributed by atoms with van der Waals surface area (Å²) in [6, 6.07) is 15.4. The van der Waals surface area contributed by atoms with E-state index in [9.17, 15) is 4.79 Å². The Kier molecular flexibility index (Phi) is 5.40. The quantitative estimate of drug-likeness (QED) is 0.349. The topological polar surface area (TPSA) is 51.3 Å². The van der Waals surface area contributed by atoms with Crippen molar-refractivity contribution in [3.05, 3.63) is 65.4 Å². The molecule has 0 atom stereocenters. The number of H-pyrrole nitrogens is 1. The fourth-order valence-electron chi connectivity index (χ4n) is 2.61. The maximum atomic E-state index is 12.6. The molecule has 24 heavy (non-hydrogen) atoms. The molecular formula is C19H18INO3. The second kappa shape index (κ2) is 7.70. The van der Waals surface area contributed by atoms with Gasteiger partial charge in [-0.05, 0) is 30.7 Å². The lowest BCUT2D eigenvalue weighted by Gasteiger charge is -2.06. The van der Waals surface area contributed by atoms with Crippen molar-refractivity contribution in [1.82, 2.24) is 4.98 Å². The molecule has 1 aromatic heterocycles. The van der Waals surface area contributed by atoms with Gasteiger partial charge < -0.3 is 14.5 Å². The third kappa shape index (κ3) is 3.72. The molecule has 3 rings (SSSR count). The van der Waals surface area contributed by atoms with Gasteiger partial charge in [-0.25, -0.2) is 4.79 Å². The van der Waals surface area contributed by atoms with Crippen molar-refractivity contribution in [2.45, 2.75) is 13.5 Å². The predicted molar refractivity (Wildman–Crippen MR) is 103 cm³/mol. The highest BCUT2D eigenvalue weighted by molar-refractivity contribution is 14.1. The molecule has 1 N–H and O–H groups in total. The summed E-state index contributed by atoms with van der Waals surface area (Å²) in [4.78, 5) is 15.8. The Hall–Kier alpha value is -2.02. The Bertz CT molecular complexity index is 842. The lowest BCUT2D eigenvalue weighted by atomic mass is 10.1. The number of esters is 1. The molecule has 0 aliphatic carbocycles. The van der Waals surface area contributed by atoms with Crippen LogP contribution in [0.3, 0.4) is 0 Å². The van der Waals surface area contributed by atoms with Crippen LogP contribution in [0, 0.1) is 6.92 Å². The predicted octanol–water partition coefficient (Wildman–Crippen LogP) is 4.65. The number of hydrogen-bond acceptors (Lipinski definition) is 3. The van der Waals surface area contributed by atoms with Gasteiger partial charge in [0.25, 0.3) is 0 Å². The van der Waals surface area contributed by atoms with Gasteiger partial charge >= 0.3 is 5.97 Å². The number of aryl methyl sites for hydroxylation is 1. The summed E-state index contributed by atoms with van der Waals surface area (Å²) in [5.74, 6) is 0.434. The summed E-state index contributed by atoms with van der Waals surface area (Å²) in [6.07, 6.45) is 0. The van der Waals surface area contributed by atoms with Gasteiger partial charge in [0.15, 0.2) is 0 Å². The van der Waals surface area contributed by atoms with E-state index in [0.717, 1.165) is 32.3 Å². The van der Waals surface area contributed by atoms with Crippen LogP contribution >= 0.6 is 22.6 Å². The number of carbonyl (C=O) groups excluding carboxylic acids is 1. The molecule has 0 bridgehead atoms. The van der Waals surface area contributed by atoms with Crippen molar-refractivity contribution in [2.24, 2.45) is 0 Å². The van der Waals surface area contributed by atoms with Gasteiger partial charge in [-0.3, -0.25) is 0 Å². The normalized spacial score (nSPS) is 10.8. The van der Waals surface area contributed by atoms with E-state index in [1.54, 1.807) is 0 Å². The highest BCUT2D eigenvalue weighted by atomic mass is 127. The number of aromatic nitrogens is 1. The summed E-state index contributed by atoms with van der Waals surface area (Å²) < 4.78 is 12.1. The summed E-state index contributed by atoms with van der Waals surface area (Å²) in [5, 5.41) is 0.830. The highest BCUT2D eigenvalue weighted by Gasteiger charge is 2.18. The number of alkyl halides is 1. The van der Waals surface area contributed by atoms with Gasteiger partial charge in [0.2, 0.25) is 0 Å². The molecule has 0 saturated heterocycles. The second-order valence-corrected chi connectivity index (χ2v) is 6.51. The van der Waals surface area contributed by atoms with E-state index in [4.69, 9.17) is 9.47 Å². The Morgan fingerprint density at radius 2 is 1.96 bits per heavy atom. The molecule has 4 nitrogen and oxygen atoms in total. The maximum Gasteiger partial charge on any atom is 0.340 e. The molecule has 0 saturated carbocycles. The maximum absolute atomic E-state index is 12.6. The number of aromatic amines is 1. The summed E-state index contributed by atoms with van der Waals surface area (Å²) in [5.41, 5.74) is 3.24. The highest BCUT2D eigenvalue weighted by Crippen LogP contribution is 2.27. The average Bonchev–Trinajstić information content (AvgIpc) is 2.94. The third-order valence-electron chi connectivity index (χ3n) is 3.72. The number of rotatable bonds is 6. The van der Waals surface area contributed by atoms with Crippen molar-refractivity contribution >= 4 is 39.5 Å². The number of ether oxygens (including phenoxy) is 2. The molecule has 0 unspecified atom stereocenters. The second-order valence-electron chi connectivity index (χ2n) is 5.43. The first-order valence-electron chi connectivity index (χ1n) is 7.71. The van der Waals surface area contributed by atoms with Crippen LogP contribution in [0.5, 0.6) is 5.75 Å². The van der Waals surface area contributed by atoms with E-state index >= 15 is 0 Å². The smallest absolute Gasteiger partial charge is 0.340 e. The zero-order valence-electron chi connectivity index (χ0n) is 13.3. The van der Waals surface area contributed by atoms with Gasteiger partial charge in [0.05, 0.1) is 12.2 Å². The van der Waals surface area contributed by atoms with Crippen LogP contribution in [-0.2, 0) is 11.3 Å². The Balaban J connectivity index is 1.84. The van der Waals surface area contributed by atoms with Crippen LogP contribution in [0.4, 0.5) is 0 Å². The fourth-order valence-corrected chi connectivity index (χ4v) is 2.83. The van der Waals surface area contributed by atoms with E-state index in [2.05, 4.69) is 27.6 Å². The molecule has 0 radical (unpaired) electrons. The number of nitrogens with one attached hydrogen (secondary N) is 1. The largest absolute Gasteiger partial charge is 0.493 e. The van der Waals surface area contributed by atoms with Gasteiger partial charge in [-0.1, -0.05) is 52.9 Å². The van der Waals surface area contributed by atoms with Gasteiger partial charge in [0, 0.05) is 21.0 Å². The molecule has 0 aliphatic heterocycles. The molecule has 0 amide bonds. The molecule has 1 heterocycles. The zero-order chi connectivity index (χ0) is 16.9. The average molecular weight is 435 g/mol. The molecule has 0 aliphatic rings. The van der Waals surface area contributed by atoms with Crippen molar-refractivity contribution in [2.75, 3.05) is 11.0 Å². The standard InChI is InChI=1S/C19H18INO3/c1-13-18(19(22)24-12-14-5-3-2-4-6-14)16-11-15(23-10-9-20)7-8-17(16)21-13/h2-8,11,21H,9-10,12H2,1H3. The lowest BCUT2D eigenvalue weighted by molar-refractivity contribution is 0.0474. The number of fused-ring (bicyclic) bond motifs is 1. The summed E-state index contributed by atoms with van der Waals surface area (Å²) in [7, 11) is 0. The van der Waals surface area contributed by atoms with Crippen molar-refractivity contribution in [1.29, 1.82) is 0 Å². The number of carbonyl (C=O) groups is 1. The van der Waals surface area contributed by atoms with Gasteiger partial charge in [-0.2, -0.15) is 0 Å². The van der Waals surface area contributed by atoms with Crippen LogP contribution in [0.25, 0.3) is 10.9 Å². The molecular weight excluding hydrogens is 417 g/mol. The Morgan fingerprint density at radius 1 is 1.17 bits per heavy atom. The Labute approximate surface area is 154 Å². The number of benzene rings is 2. The van der Waals surface area contributed by atoms with Crippen LogP contribution in [0.2, 0.25) is 0 Å². The first-order chi connectivity index (χ1) is 11.7. The molecule has 0 fully saturated rings. The molecule has 0 spiro atoms. The monoisotopic (exact) mass is 435 g/mol. The molecule has 124 valence electrons. The Morgan fingerprint density at radius 3 is 2.71 bits per heavy atom. The van der Waals surface area contributed by atoms with Crippen LogP contribution < -0.4 is 4.74 Å². The SMILES string of the molecule is Cc1[nH]c2ccc(OCCI)cc2c1C(=O)OCc1ccccc1. The number of hydrogen-bond donors (Lipinski definition) is 1. The van der Waals surface area contributed by atoms with Crippen molar-refractivity contribution in [3.63, 3.8) is 0 Å². The first-order valence-corrected chi connectivity index (χ1v) is 9.23. The van der Waals surface area contributed by atoms with E-state index in [0.29, 0.717) is 12.2 Å². The van der Waals surface area contributed by atoms with Crippen LogP contribution in [0.15, 0.2) is 48.5 Å². The zero-order valence-corrected chi connectivity index (χ0v) is 15.5. The molecule has 3 aromatic rings. The van der Waals surface area contributed by atoms with Crippen molar-refractivity contribution < 1.29 is 14.3 Å². The summed E-state index contributed by atoms with van der Waals surface area (Å²) in [6.45, 7) is 2.78. The third-order valence-corrected chi connectivity index (χ3v) is 4.16. The van der Waals surface area contributed by atoms with E-state index in [1.165, 1.54) is 0 Å². The van der Waals surface area contributed by atoms with Crippen molar-refractivity contribution in [3.8, 4) is 5.75 Å². The summed E-state index contributed by atoms with van der Waals surface area (Å²) >= 11 is 2.26.